The quantitative estimate of drug-likeness (QED) is 0.775. The van der Waals surface area contributed by atoms with E-state index in [2.05, 4.69) is 4.72 Å². The van der Waals surface area contributed by atoms with Crippen molar-refractivity contribution in [1.82, 2.24) is 0 Å². The molecule has 2 aromatic rings. The third-order valence-electron chi connectivity index (χ3n) is 4.83. The fourth-order valence-corrected chi connectivity index (χ4v) is 6.49. The van der Waals surface area contributed by atoms with Gasteiger partial charge in [-0.3, -0.25) is 9.03 Å². The van der Waals surface area contributed by atoms with Gasteiger partial charge in [-0.25, -0.2) is 16.8 Å². The number of nitrogens with one attached hydrogen (secondary N) is 1. The first-order valence-electron chi connectivity index (χ1n) is 8.92. The first kappa shape index (κ1) is 21.0. The molecular weight excluding hydrogens is 420 g/mol. The largest absolute Gasteiger partial charge is 0.280 e. The van der Waals surface area contributed by atoms with Crippen molar-refractivity contribution in [2.75, 3.05) is 21.3 Å². The summed E-state index contributed by atoms with van der Waals surface area (Å²) in [5, 5.41) is 0.471. The molecule has 152 valence electrons. The van der Waals surface area contributed by atoms with Crippen LogP contribution in [0.1, 0.15) is 29.5 Å². The summed E-state index contributed by atoms with van der Waals surface area (Å²) in [5.74, 6) is 0.112. The van der Waals surface area contributed by atoms with E-state index in [1.54, 1.807) is 38.1 Å². The number of nitrogens with zero attached hydrogens (tertiary/aromatic N) is 1. The molecule has 1 aliphatic heterocycles. The van der Waals surface area contributed by atoms with E-state index < -0.39 is 20.0 Å². The van der Waals surface area contributed by atoms with Crippen molar-refractivity contribution >= 4 is 43.0 Å². The van der Waals surface area contributed by atoms with E-state index in [0.29, 0.717) is 40.5 Å². The monoisotopic (exact) mass is 442 g/mol. The van der Waals surface area contributed by atoms with Gasteiger partial charge >= 0.3 is 0 Å². The minimum Gasteiger partial charge on any atom is -0.280 e. The molecule has 1 aliphatic rings. The van der Waals surface area contributed by atoms with Crippen molar-refractivity contribution in [2.45, 2.75) is 38.5 Å². The van der Waals surface area contributed by atoms with Crippen molar-refractivity contribution in [3.05, 3.63) is 52.0 Å². The topological polar surface area (TPSA) is 83.6 Å². The van der Waals surface area contributed by atoms with Crippen LogP contribution in [0.15, 0.2) is 35.2 Å². The number of anilines is 2. The maximum Gasteiger partial charge on any atom is 0.262 e. The minimum atomic E-state index is -3.85. The molecule has 0 spiro atoms. The lowest BCUT2D eigenvalue weighted by atomic mass is 10.1. The minimum absolute atomic E-state index is 0.111. The summed E-state index contributed by atoms with van der Waals surface area (Å²) >= 11 is 6.08. The molecule has 2 aromatic carbocycles. The third-order valence-corrected chi connectivity index (χ3v) is 8.61. The molecule has 0 radical (unpaired) electrons. The zero-order valence-electron chi connectivity index (χ0n) is 16.0. The number of aryl methyl sites for hydroxylation is 3. The molecule has 1 saturated heterocycles. The van der Waals surface area contributed by atoms with Gasteiger partial charge in [0.25, 0.3) is 10.0 Å². The molecule has 0 saturated carbocycles. The lowest BCUT2D eigenvalue weighted by Crippen LogP contribution is -2.38. The molecule has 28 heavy (non-hydrogen) atoms. The van der Waals surface area contributed by atoms with E-state index in [0.717, 1.165) is 12.0 Å². The van der Waals surface area contributed by atoms with Crippen LogP contribution in [0.4, 0.5) is 11.4 Å². The standard InChI is InChI=1S/C19H23ClN2O4S2/c1-13-6-7-16(12-17(13)20)21-28(25,26)19-11-14(2)18(10-15(19)3)22-8-4-5-9-27(22,23)24/h6-7,10-12,21H,4-5,8-9H2,1-3H3. The molecule has 0 bridgehead atoms. The van der Waals surface area contributed by atoms with E-state index >= 15 is 0 Å². The van der Waals surface area contributed by atoms with E-state index in [-0.39, 0.29) is 10.6 Å². The predicted molar refractivity (Wildman–Crippen MR) is 113 cm³/mol. The normalized spacial score (nSPS) is 16.8. The zero-order chi connectivity index (χ0) is 20.7. The molecule has 1 N–H and O–H groups in total. The van der Waals surface area contributed by atoms with Crippen LogP contribution < -0.4 is 9.03 Å². The van der Waals surface area contributed by atoms with Gasteiger partial charge in [0.15, 0.2) is 0 Å². The Morgan fingerprint density at radius 3 is 2.36 bits per heavy atom. The lowest BCUT2D eigenvalue weighted by molar-refractivity contribution is 0.574. The van der Waals surface area contributed by atoms with Gasteiger partial charge < -0.3 is 0 Å². The predicted octanol–water partition coefficient (Wildman–Crippen LogP) is 4.00. The molecular formula is C19H23ClN2O4S2. The summed E-state index contributed by atoms with van der Waals surface area (Å²) in [4.78, 5) is 0.111. The highest BCUT2D eigenvalue weighted by atomic mass is 35.5. The highest BCUT2D eigenvalue weighted by Gasteiger charge is 2.28. The van der Waals surface area contributed by atoms with Crippen LogP contribution in [0.5, 0.6) is 0 Å². The maximum absolute atomic E-state index is 12.9. The molecule has 6 nitrogen and oxygen atoms in total. The first-order valence-corrected chi connectivity index (χ1v) is 12.4. The van der Waals surface area contributed by atoms with Crippen LogP contribution in [0.2, 0.25) is 5.02 Å². The Morgan fingerprint density at radius 2 is 1.71 bits per heavy atom. The summed E-state index contributed by atoms with van der Waals surface area (Å²) in [6.07, 6.45) is 1.43. The highest BCUT2D eigenvalue weighted by Crippen LogP contribution is 2.32. The van der Waals surface area contributed by atoms with Crippen molar-refractivity contribution in [3.63, 3.8) is 0 Å². The zero-order valence-corrected chi connectivity index (χ0v) is 18.4. The number of hydrogen-bond donors (Lipinski definition) is 1. The first-order chi connectivity index (χ1) is 13.0. The average Bonchev–Trinajstić information content (AvgIpc) is 2.59. The van der Waals surface area contributed by atoms with E-state index in [9.17, 15) is 16.8 Å². The fraction of sp³-hybridized carbons (Fsp3) is 0.368. The van der Waals surface area contributed by atoms with E-state index in [1.165, 1.54) is 10.4 Å². The van der Waals surface area contributed by atoms with Gasteiger partial charge in [0.1, 0.15) is 0 Å². The highest BCUT2D eigenvalue weighted by molar-refractivity contribution is 7.93. The van der Waals surface area contributed by atoms with Crippen molar-refractivity contribution in [2.24, 2.45) is 0 Å². The van der Waals surface area contributed by atoms with Gasteiger partial charge in [-0.05, 0) is 74.6 Å². The Bertz CT molecular complexity index is 1130. The third kappa shape index (κ3) is 4.14. The van der Waals surface area contributed by atoms with Gasteiger partial charge in [0.2, 0.25) is 10.0 Å². The SMILES string of the molecule is Cc1ccc(NS(=O)(=O)c2cc(C)c(N3CCCCS3(=O)=O)cc2C)cc1Cl. The van der Waals surface area contributed by atoms with Crippen LogP contribution in [-0.4, -0.2) is 29.1 Å². The number of halogens is 1. The fourth-order valence-electron chi connectivity index (χ4n) is 3.26. The van der Waals surface area contributed by atoms with Gasteiger partial charge in [-0.2, -0.15) is 0 Å². The number of sulfonamides is 2. The van der Waals surface area contributed by atoms with Crippen molar-refractivity contribution in [3.8, 4) is 0 Å². The summed E-state index contributed by atoms with van der Waals surface area (Å²) in [7, 11) is -7.22. The van der Waals surface area contributed by atoms with Crippen LogP contribution in [0.25, 0.3) is 0 Å². The molecule has 0 unspecified atom stereocenters. The summed E-state index contributed by atoms with van der Waals surface area (Å²) in [6.45, 7) is 5.63. The lowest BCUT2D eigenvalue weighted by Gasteiger charge is -2.30. The second-order valence-corrected chi connectivity index (χ2v) is 11.1. The number of benzene rings is 2. The summed E-state index contributed by atoms with van der Waals surface area (Å²) in [5.41, 5.74) is 2.83. The van der Waals surface area contributed by atoms with Crippen molar-refractivity contribution < 1.29 is 16.8 Å². The molecule has 9 heteroatoms. The van der Waals surface area contributed by atoms with E-state index in [1.807, 2.05) is 6.92 Å². The Kier molecular flexibility index (Phi) is 5.67. The second kappa shape index (κ2) is 7.57. The summed E-state index contributed by atoms with van der Waals surface area (Å²) in [6, 6.07) is 8.10. The molecule has 1 fully saturated rings. The van der Waals surface area contributed by atoms with E-state index in [4.69, 9.17) is 11.6 Å². The molecule has 3 rings (SSSR count). The Morgan fingerprint density at radius 1 is 1.00 bits per heavy atom. The van der Waals surface area contributed by atoms with Gasteiger partial charge in [-0.1, -0.05) is 17.7 Å². The Labute approximate surface area is 171 Å². The van der Waals surface area contributed by atoms with Crippen LogP contribution in [-0.2, 0) is 20.0 Å². The summed E-state index contributed by atoms with van der Waals surface area (Å²) < 4.78 is 54.6. The van der Waals surface area contributed by atoms with Crippen LogP contribution in [0.3, 0.4) is 0 Å². The molecule has 0 aliphatic carbocycles. The number of hydrogen-bond acceptors (Lipinski definition) is 4. The van der Waals surface area contributed by atoms with Crippen LogP contribution in [0, 0.1) is 20.8 Å². The Hall–Kier alpha value is -1.77. The van der Waals surface area contributed by atoms with Gasteiger partial charge in [0.05, 0.1) is 22.0 Å². The average molecular weight is 443 g/mol. The molecule has 1 heterocycles. The number of rotatable bonds is 4. The Balaban J connectivity index is 1.98. The smallest absolute Gasteiger partial charge is 0.262 e. The second-order valence-electron chi connectivity index (χ2n) is 7.07. The molecule has 0 atom stereocenters. The molecule has 0 amide bonds. The maximum atomic E-state index is 12.9. The van der Waals surface area contributed by atoms with Crippen LogP contribution >= 0.6 is 11.6 Å². The molecule has 0 aromatic heterocycles. The van der Waals surface area contributed by atoms with Gasteiger partial charge in [-0.15, -0.1) is 0 Å². The van der Waals surface area contributed by atoms with Crippen molar-refractivity contribution in [1.29, 1.82) is 0 Å². The van der Waals surface area contributed by atoms with Gasteiger partial charge in [0, 0.05) is 11.6 Å².